The quantitative estimate of drug-likeness (QED) is 0.855. The van der Waals surface area contributed by atoms with E-state index >= 15 is 0 Å². The number of amides is 2. The first-order valence-electron chi connectivity index (χ1n) is 9.34. The highest BCUT2D eigenvalue weighted by Gasteiger charge is 2.46. The lowest BCUT2D eigenvalue weighted by molar-refractivity contribution is -0.134. The van der Waals surface area contributed by atoms with Gasteiger partial charge in [-0.2, -0.15) is 0 Å². The van der Waals surface area contributed by atoms with Crippen LogP contribution in [0.4, 0.5) is 0 Å². The summed E-state index contributed by atoms with van der Waals surface area (Å²) in [6.45, 7) is 4.45. The zero-order chi connectivity index (χ0) is 18.1. The Morgan fingerprint density at radius 3 is 2.15 bits per heavy atom. The number of carbonyl (C=O) groups is 2. The molecule has 1 saturated carbocycles. The summed E-state index contributed by atoms with van der Waals surface area (Å²) in [5.74, 6) is 0.817. The molecule has 1 aliphatic carbocycles. The minimum absolute atomic E-state index is 0.0729. The first-order chi connectivity index (χ1) is 12.6. The molecule has 0 radical (unpaired) electrons. The number of hydrogen-bond donors (Lipinski definition) is 0. The first-order valence-corrected chi connectivity index (χ1v) is 9.34. The van der Waals surface area contributed by atoms with Gasteiger partial charge >= 0.3 is 0 Å². The van der Waals surface area contributed by atoms with Crippen LogP contribution in [-0.4, -0.2) is 47.8 Å². The van der Waals surface area contributed by atoms with Crippen molar-refractivity contribution in [3.8, 4) is 0 Å². The molecule has 2 amide bonds. The molecule has 2 atom stereocenters. The molecule has 134 valence electrons. The van der Waals surface area contributed by atoms with Crippen LogP contribution in [0, 0.1) is 12.8 Å². The fraction of sp³-hybridized carbons (Fsp3) is 0.364. The fourth-order valence-corrected chi connectivity index (χ4v) is 3.88. The van der Waals surface area contributed by atoms with Gasteiger partial charge in [-0.05, 0) is 36.5 Å². The molecule has 0 spiro atoms. The van der Waals surface area contributed by atoms with Crippen LogP contribution >= 0.6 is 0 Å². The van der Waals surface area contributed by atoms with Crippen molar-refractivity contribution < 1.29 is 9.59 Å². The van der Waals surface area contributed by atoms with Gasteiger partial charge in [0.05, 0.1) is 0 Å². The lowest BCUT2D eigenvalue weighted by atomic mass is 10.1. The van der Waals surface area contributed by atoms with Crippen LogP contribution in [0.1, 0.15) is 33.8 Å². The topological polar surface area (TPSA) is 40.6 Å². The molecule has 0 bridgehead atoms. The number of benzene rings is 2. The van der Waals surface area contributed by atoms with Crippen molar-refractivity contribution in [3.63, 3.8) is 0 Å². The monoisotopic (exact) mass is 348 g/mol. The molecule has 4 heteroatoms. The van der Waals surface area contributed by atoms with Gasteiger partial charge in [-0.1, -0.05) is 48.5 Å². The zero-order valence-corrected chi connectivity index (χ0v) is 15.1. The smallest absolute Gasteiger partial charge is 0.254 e. The van der Waals surface area contributed by atoms with E-state index in [1.807, 2.05) is 59.2 Å². The van der Waals surface area contributed by atoms with Crippen LogP contribution in [0.3, 0.4) is 0 Å². The second kappa shape index (κ2) is 6.94. The van der Waals surface area contributed by atoms with E-state index < -0.39 is 0 Å². The lowest BCUT2D eigenvalue weighted by Crippen LogP contribution is -2.51. The minimum atomic E-state index is 0.0729. The second-order valence-corrected chi connectivity index (χ2v) is 7.29. The van der Waals surface area contributed by atoms with Crippen LogP contribution in [0.15, 0.2) is 54.6 Å². The Hall–Kier alpha value is -2.62. The molecule has 1 aliphatic heterocycles. The van der Waals surface area contributed by atoms with Gasteiger partial charge in [-0.3, -0.25) is 9.59 Å². The van der Waals surface area contributed by atoms with Crippen molar-refractivity contribution in [2.24, 2.45) is 5.92 Å². The van der Waals surface area contributed by atoms with Gasteiger partial charge in [0.1, 0.15) is 0 Å². The van der Waals surface area contributed by atoms with Crippen molar-refractivity contribution >= 4 is 11.8 Å². The van der Waals surface area contributed by atoms with Gasteiger partial charge in [0.15, 0.2) is 0 Å². The maximum atomic E-state index is 12.8. The van der Waals surface area contributed by atoms with Gasteiger partial charge < -0.3 is 9.80 Å². The summed E-state index contributed by atoms with van der Waals surface area (Å²) in [5, 5.41) is 0. The van der Waals surface area contributed by atoms with E-state index in [-0.39, 0.29) is 17.7 Å². The third kappa shape index (κ3) is 3.24. The third-order valence-corrected chi connectivity index (χ3v) is 5.59. The maximum absolute atomic E-state index is 12.8. The summed E-state index contributed by atoms with van der Waals surface area (Å²) >= 11 is 0. The number of nitrogens with zero attached hydrogens (tertiary/aromatic N) is 2. The SMILES string of the molecule is Cc1ccccc1C(=O)N1CCN(C(=O)[C@@H]2C[C@@H]2c2ccccc2)CC1. The van der Waals surface area contributed by atoms with Crippen LogP contribution in [0.5, 0.6) is 0 Å². The summed E-state index contributed by atoms with van der Waals surface area (Å²) in [6, 6.07) is 18.0. The van der Waals surface area contributed by atoms with Gasteiger partial charge in [-0.25, -0.2) is 0 Å². The number of rotatable bonds is 3. The average molecular weight is 348 g/mol. The zero-order valence-electron chi connectivity index (χ0n) is 15.1. The molecule has 2 aromatic rings. The Labute approximate surface area is 154 Å². The predicted molar refractivity (Wildman–Crippen MR) is 101 cm³/mol. The van der Waals surface area contributed by atoms with Crippen molar-refractivity contribution in [2.45, 2.75) is 19.3 Å². The van der Waals surface area contributed by atoms with Crippen LogP contribution in [0.25, 0.3) is 0 Å². The maximum Gasteiger partial charge on any atom is 0.254 e. The number of piperazine rings is 1. The number of aryl methyl sites for hydroxylation is 1. The van der Waals surface area contributed by atoms with E-state index in [1.54, 1.807) is 0 Å². The van der Waals surface area contributed by atoms with E-state index in [0.717, 1.165) is 17.5 Å². The highest BCUT2D eigenvalue weighted by molar-refractivity contribution is 5.95. The Morgan fingerprint density at radius 2 is 1.46 bits per heavy atom. The minimum Gasteiger partial charge on any atom is -0.339 e. The van der Waals surface area contributed by atoms with Crippen LogP contribution in [-0.2, 0) is 4.79 Å². The van der Waals surface area contributed by atoms with Crippen molar-refractivity contribution in [1.82, 2.24) is 9.80 Å². The van der Waals surface area contributed by atoms with E-state index in [1.165, 1.54) is 5.56 Å². The average Bonchev–Trinajstić information content (AvgIpc) is 3.49. The largest absolute Gasteiger partial charge is 0.339 e. The lowest BCUT2D eigenvalue weighted by Gasteiger charge is -2.35. The molecule has 0 N–H and O–H groups in total. The Kier molecular flexibility index (Phi) is 4.49. The highest BCUT2D eigenvalue weighted by Crippen LogP contribution is 2.48. The molecule has 26 heavy (non-hydrogen) atoms. The third-order valence-electron chi connectivity index (χ3n) is 5.59. The van der Waals surface area contributed by atoms with E-state index in [2.05, 4.69) is 12.1 Å². The summed E-state index contributed by atoms with van der Waals surface area (Å²) in [7, 11) is 0. The normalized spacial score (nSPS) is 22.2. The predicted octanol–water partition coefficient (Wildman–Crippen LogP) is 3.08. The molecule has 4 nitrogen and oxygen atoms in total. The molecule has 1 saturated heterocycles. The summed E-state index contributed by atoms with van der Waals surface area (Å²) in [5.41, 5.74) is 3.03. The van der Waals surface area contributed by atoms with Gasteiger partial charge in [-0.15, -0.1) is 0 Å². The second-order valence-electron chi connectivity index (χ2n) is 7.29. The molecule has 2 aliphatic rings. The Bertz CT molecular complexity index is 810. The van der Waals surface area contributed by atoms with E-state index in [4.69, 9.17) is 0 Å². The van der Waals surface area contributed by atoms with Crippen LogP contribution < -0.4 is 0 Å². The molecule has 2 aromatic carbocycles. The van der Waals surface area contributed by atoms with Crippen molar-refractivity contribution in [3.05, 3.63) is 71.3 Å². The molecule has 1 heterocycles. The first kappa shape index (κ1) is 16.8. The highest BCUT2D eigenvalue weighted by atomic mass is 16.2. The fourth-order valence-electron chi connectivity index (χ4n) is 3.88. The molecule has 0 unspecified atom stereocenters. The van der Waals surface area contributed by atoms with Gasteiger partial charge in [0.25, 0.3) is 5.91 Å². The van der Waals surface area contributed by atoms with Crippen molar-refractivity contribution in [2.75, 3.05) is 26.2 Å². The van der Waals surface area contributed by atoms with Gasteiger partial charge in [0, 0.05) is 37.7 Å². The molecule has 2 fully saturated rings. The Morgan fingerprint density at radius 1 is 0.846 bits per heavy atom. The Balaban J connectivity index is 1.33. The number of hydrogen-bond acceptors (Lipinski definition) is 2. The van der Waals surface area contributed by atoms with Crippen molar-refractivity contribution in [1.29, 1.82) is 0 Å². The van der Waals surface area contributed by atoms with E-state index in [0.29, 0.717) is 32.1 Å². The molecule has 0 aromatic heterocycles. The number of carbonyl (C=O) groups excluding carboxylic acids is 2. The summed E-state index contributed by atoms with van der Waals surface area (Å²) in [4.78, 5) is 29.3. The molecular weight excluding hydrogens is 324 g/mol. The standard InChI is InChI=1S/C22H24N2O2/c1-16-7-5-6-10-18(16)21(25)23-11-13-24(14-12-23)22(26)20-15-19(20)17-8-3-2-4-9-17/h2-10,19-20H,11-15H2,1H3/t19-,20-/m1/s1. The molecular formula is C22H24N2O2. The van der Waals surface area contributed by atoms with E-state index in [9.17, 15) is 9.59 Å². The molecule has 4 rings (SSSR count). The van der Waals surface area contributed by atoms with Crippen LogP contribution in [0.2, 0.25) is 0 Å². The summed E-state index contributed by atoms with van der Waals surface area (Å²) < 4.78 is 0. The summed E-state index contributed by atoms with van der Waals surface area (Å²) in [6.07, 6.45) is 0.950. The van der Waals surface area contributed by atoms with Gasteiger partial charge in [0.2, 0.25) is 5.91 Å².